The van der Waals surface area contributed by atoms with E-state index in [2.05, 4.69) is 0 Å². The normalized spacial score (nSPS) is 12.2. The van der Waals surface area contributed by atoms with Gasteiger partial charge < -0.3 is 14.9 Å². The molecule has 108 valence electrons. The Morgan fingerprint density at radius 1 is 1.14 bits per heavy atom. The Morgan fingerprint density at radius 2 is 1.86 bits per heavy atom. The largest absolute Gasteiger partial charge is 0.508 e. The second-order valence-corrected chi connectivity index (χ2v) is 4.62. The summed E-state index contributed by atoms with van der Waals surface area (Å²) in [6, 6.07) is 13.5. The van der Waals surface area contributed by atoms with Crippen LogP contribution in [0.25, 0.3) is 6.08 Å². The van der Waals surface area contributed by atoms with Gasteiger partial charge in [-0.05, 0) is 36.8 Å². The lowest BCUT2D eigenvalue weighted by Gasteiger charge is -2.11. The predicted molar refractivity (Wildman–Crippen MR) is 79.8 cm³/mol. The summed E-state index contributed by atoms with van der Waals surface area (Å²) in [4.78, 5) is 11.9. The SMILES string of the molecule is CC(C(=O)OC=Cc1ccccc1)c1cc(O)ccc1O. The third-order valence-electron chi connectivity index (χ3n) is 3.08. The Bertz CT molecular complexity index is 647. The highest BCUT2D eigenvalue weighted by Crippen LogP contribution is 2.29. The van der Waals surface area contributed by atoms with Crippen LogP contribution in [0.3, 0.4) is 0 Å². The van der Waals surface area contributed by atoms with E-state index in [-0.39, 0.29) is 11.5 Å². The smallest absolute Gasteiger partial charge is 0.318 e. The maximum absolute atomic E-state index is 11.9. The predicted octanol–water partition coefficient (Wildman–Crippen LogP) is 3.42. The van der Waals surface area contributed by atoms with Crippen LogP contribution >= 0.6 is 0 Å². The first-order chi connectivity index (χ1) is 10.1. The summed E-state index contributed by atoms with van der Waals surface area (Å²) in [7, 11) is 0. The summed E-state index contributed by atoms with van der Waals surface area (Å²) >= 11 is 0. The number of phenols is 2. The molecule has 0 spiro atoms. The minimum Gasteiger partial charge on any atom is -0.508 e. The number of esters is 1. The summed E-state index contributed by atoms with van der Waals surface area (Å²) in [5, 5.41) is 19.1. The number of hydrogen-bond acceptors (Lipinski definition) is 4. The van der Waals surface area contributed by atoms with E-state index >= 15 is 0 Å². The molecule has 0 heterocycles. The summed E-state index contributed by atoms with van der Waals surface area (Å²) in [5.74, 6) is -1.26. The second kappa shape index (κ2) is 6.61. The Kier molecular flexibility index (Phi) is 4.61. The molecule has 21 heavy (non-hydrogen) atoms. The van der Waals surface area contributed by atoms with Gasteiger partial charge in [-0.15, -0.1) is 0 Å². The van der Waals surface area contributed by atoms with E-state index in [1.54, 1.807) is 13.0 Å². The zero-order valence-corrected chi connectivity index (χ0v) is 11.6. The molecule has 0 aliphatic carbocycles. The first-order valence-corrected chi connectivity index (χ1v) is 6.52. The third kappa shape index (κ3) is 3.86. The average Bonchev–Trinajstić information content (AvgIpc) is 2.50. The summed E-state index contributed by atoms with van der Waals surface area (Å²) in [6.07, 6.45) is 2.99. The van der Waals surface area contributed by atoms with Gasteiger partial charge in [-0.25, -0.2) is 0 Å². The molecule has 2 rings (SSSR count). The van der Waals surface area contributed by atoms with Gasteiger partial charge in [0.2, 0.25) is 0 Å². The number of carbonyl (C=O) groups excluding carboxylic acids is 1. The number of carbonyl (C=O) groups is 1. The molecule has 0 radical (unpaired) electrons. The van der Waals surface area contributed by atoms with Crippen LogP contribution in [0.2, 0.25) is 0 Å². The van der Waals surface area contributed by atoms with Gasteiger partial charge in [0.1, 0.15) is 11.5 Å². The van der Waals surface area contributed by atoms with E-state index in [9.17, 15) is 15.0 Å². The van der Waals surface area contributed by atoms with E-state index < -0.39 is 11.9 Å². The molecule has 0 bridgehead atoms. The quantitative estimate of drug-likeness (QED) is 0.513. The molecular formula is C17H16O4. The molecule has 0 aromatic heterocycles. The molecule has 0 fully saturated rings. The Hall–Kier alpha value is -2.75. The molecule has 0 saturated carbocycles. The van der Waals surface area contributed by atoms with Crippen molar-refractivity contribution in [3.8, 4) is 11.5 Å². The molecule has 4 heteroatoms. The average molecular weight is 284 g/mol. The van der Waals surface area contributed by atoms with Crippen LogP contribution in [0, 0.1) is 0 Å². The van der Waals surface area contributed by atoms with Gasteiger partial charge in [0, 0.05) is 5.56 Å². The standard InChI is InChI=1S/C17H16O4/c1-12(15-11-14(18)7-8-16(15)19)17(20)21-10-9-13-5-3-2-4-6-13/h2-12,18-19H,1H3. The first-order valence-electron chi connectivity index (χ1n) is 6.52. The molecule has 2 N–H and O–H groups in total. The van der Waals surface area contributed by atoms with Gasteiger partial charge in [0.25, 0.3) is 0 Å². The Balaban J connectivity index is 2.03. The number of ether oxygens (including phenoxy) is 1. The lowest BCUT2D eigenvalue weighted by atomic mass is 10.00. The summed E-state index contributed by atoms with van der Waals surface area (Å²) in [6.45, 7) is 1.60. The lowest BCUT2D eigenvalue weighted by Crippen LogP contribution is -2.10. The highest BCUT2D eigenvalue weighted by atomic mass is 16.5. The van der Waals surface area contributed by atoms with Crippen molar-refractivity contribution in [2.24, 2.45) is 0 Å². The Labute approximate surface area is 122 Å². The van der Waals surface area contributed by atoms with Gasteiger partial charge in [-0.2, -0.15) is 0 Å². The molecule has 2 aromatic rings. The van der Waals surface area contributed by atoms with Gasteiger partial charge in [-0.3, -0.25) is 4.79 Å². The monoisotopic (exact) mass is 284 g/mol. The third-order valence-corrected chi connectivity index (χ3v) is 3.08. The van der Waals surface area contributed by atoms with Crippen molar-refractivity contribution in [1.29, 1.82) is 0 Å². The first kappa shape index (κ1) is 14.7. The lowest BCUT2D eigenvalue weighted by molar-refractivity contribution is -0.139. The fraction of sp³-hybridized carbons (Fsp3) is 0.118. The molecule has 2 aromatic carbocycles. The number of rotatable bonds is 4. The minimum atomic E-state index is -0.683. The zero-order chi connectivity index (χ0) is 15.2. The van der Waals surface area contributed by atoms with Crippen molar-refractivity contribution in [2.45, 2.75) is 12.8 Å². The van der Waals surface area contributed by atoms with Gasteiger partial charge in [0.05, 0.1) is 12.2 Å². The van der Waals surface area contributed by atoms with E-state index in [0.717, 1.165) is 5.56 Å². The fourth-order valence-electron chi connectivity index (χ4n) is 1.86. The van der Waals surface area contributed by atoms with Crippen LogP contribution in [-0.4, -0.2) is 16.2 Å². The maximum Gasteiger partial charge on any atom is 0.318 e. The molecule has 1 unspecified atom stereocenters. The molecule has 1 atom stereocenters. The van der Waals surface area contributed by atoms with E-state index in [0.29, 0.717) is 5.56 Å². The van der Waals surface area contributed by atoms with E-state index in [4.69, 9.17) is 4.74 Å². The highest BCUT2D eigenvalue weighted by Gasteiger charge is 2.20. The molecule has 0 aliphatic heterocycles. The molecule has 0 amide bonds. The van der Waals surface area contributed by atoms with Crippen molar-refractivity contribution in [1.82, 2.24) is 0 Å². The van der Waals surface area contributed by atoms with Crippen LogP contribution in [0.1, 0.15) is 24.0 Å². The molecular weight excluding hydrogens is 268 g/mol. The Morgan fingerprint density at radius 3 is 2.57 bits per heavy atom. The summed E-state index contributed by atoms with van der Waals surface area (Å²) in [5.41, 5.74) is 1.24. The number of hydrogen-bond donors (Lipinski definition) is 2. The second-order valence-electron chi connectivity index (χ2n) is 4.62. The maximum atomic E-state index is 11.9. The van der Waals surface area contributed by atoms with E-state index in [1.165, 1.54) is 24.5 Å². The van der Waals surface area contributed by atoms with Gasteiger partial charge >= 0.3 is 5.97 Å². The number of phenolic OH excluding ortho intramolecular Hbond substituents is 2. The number of aromatic hydroxyl groups is 2. The van der Waals surface area contributed by atoms with Crippen LogP contribution in [0.4, 0.5) is 0 Å². The molecule has 4 nitrogen and oxygen atoms in total. The van der Waals surface area contributed by atoms with E-state index in [1.807, 2.05) is 30.3 Å². The van der Waals surface area contributed by atoms with Gasteiger partial charge in [0.15, 0.2) is 0 Å². The minimum absolute atomic E-state index is 0.0118. The van der Waals surface area contributed by atoms with Crippen molar-refractivity contribution in [3.05, 3.63) is 65.9 Å². The van der Waals surface area contributed by atoms with Crippen molar-refractivity contribution in [3.63, 3.8) is 0 Å². The molecule has 0 saturated heterocycles. The topological polar surface area (TPSA) is 66.8 Å². The van der Waals surface area contributed by atoms with Crippen LogP contribution in [0.5, 0.6) is 11.5 Å². The summed E-state index contributed by atoms with van der Waals surface area (Å²) < 4.78 is 5.04. The van der Waals surface area contributed by atoms with Crippen molar-refractivity contribution >= 4 is 12.0 Å². The van der Waals surface area contributed by atoms with Crippen LogP contribution in [-0.2, 0) is 9.53 Å². The number of benzene rings is 2. The molecule has 0 aliphatic rings. The van der Waals surface area contributed by atoms with Gasteiger partial charge in [-0.1, -0.05) is 30.3 Å². The van der Waals surface area contributed by atoms with Crippen LogP contribution in [0.15, 0.2) is 54.8 Å². The van der Waals surface area contributed by atoms with Crippen molar-refractivity contribution < 1.29 is 19.7 Å². The fourth-order valence-corrected chi connectivity index (χ4v) is 1.86. The van der Waals surface area contributed by atoms with Crippen molar-refractivity contribution in [2.75, 3.05) is 0 Å². The van der Waals surface area contributed by atoms with Crippen LogP contribution < -0.4 is 0 Å². The highest BCUT2D eigenvalue weighted by molar-refractivity contribution is 5.79. The zero-order valence-electron chi connectivity index (χ0n) is 11.6.